The number of rotatable bonds is 4. The lowest BCUT2D eigenvalue weighted by molar-refractivity contribution is -0.387. The fraction of sp³-hybridized carbons (Fsp3) is 0.154. The van der Waals surface area contributed by atoms with Crippen molar-refractivity contribution in [3.8, 4) is 0 Å². The summed E-state index contributed by atoms with van der Waals surface area (Å²) in [6, 6.07) is 10.1. The number of benzene rings is 1. The first kappa shape index (κ1) is 13.5. The molecule has 2 N–H and O–H groups in total. The van der Waals surface area contributed by atoms with Gasteiger partial charge in [-0.15, -0.1) is 0 Å². The Hall–Kier alpha value is -1.92. The molecular formula is C13H13N3O2S. The van der Waals surface area contributed by atoms with Crippen LogP contribution in [0.15, 0.2) is 52.5 Å². The highest BCUT2D eigenvalue weighted by Crippen LogP contribution is 2.36. The van der Waals surface area contributed by atoms with E-state index >= 15 is 0 Å². The molecule has 1 atom stereocenters. The van der Waals surface area contributed by atoms with Crippen molar-refractivity contribution < 1.29 is 4.92 Å². The van der Waals surface area contributed by atoms with Crippen LogP contribution in [0.2, 0.25) is 0 Å². The summed E-state index contributed by atoms with van der Waals surface area (Å²) in [6.45, 7) is 1.86. The molecule has 1 aromatic carbocycles. The Bertz CT molecular complexity index is 602. The number of hydrogen-bond donors (Lipinski definition) is 1. The van der Waals surface area contributed by atoms with Gasteiger partial charge in [-0.1, -0.05) is 30.0 Å². The number of pyridine rings is 1. The summed E-state index contributed by atoms with van der Waals surface area (Å²) in [5, 5.41) is 11.7. The molecule has 1 aromatic heterocycles. The second-order valence-corrected chi connectivity index (χ2v) is 5.04. The Morgan fingerprint density at radius 3 is 2.74 bits per heavy atom. The van der Waals surface area contributed by atoms with Crippen molar-refractivity contribution in [3.05, 3.63) is 58.3 Å². The van der Waals surface area contributed by atoms with E-state index in [2.05, 4.69) is 4.98 Å². The van der Waals surface area contributed by atoms with E-state index in [-0.39, 0.29) is 11.7 Å². The average molecular weight is 275 g/mol. The summed E-state index contributed by atoms with van der Waals surface area (Å²) in [5.74, 6) is 0. The molecule has 6 heteroatoms. The summed E-state index contributed by atoms with van der Waals surface area (Å²) in [5.41, 5.74) is 6.84. The number of nitro groups is 1. The summed E-state index contributed by atoms with van der Waals surface area (Å²) in [6.07, 6.45) is 1.66. The number of nitrogens with zero attached hydrogens (tertiary/aromatic N) is 2. The minimum absolute atomic E-state index is 0.0776. The highest BCUT2D eigenvalue weighted by Gasteiger charge is 2.16. The molecule has 98 valence electrons. The predicted octanol–water partition coefficient (Wildman–Crippen LogP) is 3.16. The third kappa shape index (κ3) is 3.10. The fourth-order valence-electron chi connectivity index (χ4n) is 1.63. The number of nitro benzene ring substituents is 1. The second-order valence-electron chi connectivity index (χ2n) is 4.01. The maximum atomic E-state index is 11.0. The molecule has 0 unspecified atom stereocenters. The first-order valence-electron chi connectivity index (χ1n) is 5.71. The zero-order valence-electron chi connectivity index (χ0n) is 10.3. The molecule has 2 rings (SSSR count). The van der Waals surface area contributed by atoms with Crippen LogP contribution in [0.5, 0.6) is 0 Å². The summed E-state index contributed by atoms with van der Waals surface area (Å²) in [7, 11) is 0. The normalized spacial score (nSPS) is 12.1. The van der Waals surface area contributed by atoms with Gasteiger partial charge in [0.2, 0.25) is 0 Å². The van der Waals surface area contributed by atoms with Crippen LogP contribution in [-0.4, -0.2) is 9.91 Å². The van der Waals surface area contributed by atoms with E-state index in [0.29, 0.717) is 9.92 Å². The number of para-hydroxylation sites is 1. The minimum atomic E-state index is -0.392. The molecule has 0 aliphatic rings. The zero-order valence-corrected chi connectivity index (χ0v) is 11.1. The molecule has 19 heavy (non-hydrogen) atoms. The molecule has 0 bridgehead atoms. The van der Waals surface area contributed by atoms with E-state index < -0.39 is 4.92 Å². The van der Waals surface area contributed by atoms with Gasteiger partial charge in [-0.05, 0) is 19.1 Å². The van der Waals surface area contributed by atoms with E-state index in [4.69, 9.17) is 5.73 Å². The van der Waals surface area contributed by atoms with Gasteiger partial charge in [-0.2, -0.15) is 0 Å². The van der Waals surface area contributed by atoms with Gasteiger partial charge in [-0.25, -0.2) is 4.98 Å². The molecule has 0 saturated carbocycles. The first-order valence-corrected chi connectivity index (χ1v) is 6.53. The molecule has 1 heterocycles. The van der Waals surface area contributed by atoms with Crippen LogP contribution in [0.25, 0.3) is 0 Å². The standard InChI is InChI=1S/C13H13N3O2S/c1-9(14)10-5-4-8-15-13(10)19-12-7-3-2-6-11(12)16(17)18/h2-9H,14H2,1H3/t9-/m0/s1. The van der Waals surface area contributed by atoms with Gasteiger partial charge in [0.25, 0.3) is 5.69 Å². The molecular weight excluding hydrogens is 262 g/mol. The Balaban J connectivity index is 2.39. The van der Waals surface area contributed by atoms with Crippen LogP contribution in [0.1, 0.15) is 18.5 Å². The van der Waals surface area contributed by atoms with Crippen LogP contribution in [0.3, 0.4) is 0 Å². The number of hydrogen-bond acceptors (Lipinski definition) is 5. The number of nitrogens with two attached hydrogens (primary N) is 1. The van der Waals surface area contributed by atoms with Crippen molar-refractivity contribution in [1.29, 1.82) is 0 Å². The fourth-order valence-corrected chi connectivity index (χ4v) is 2.72. The molecule has 0 fully saturated rings. The topological polar surface area (TPSA) is 82.0 Å². The molecule has 2 aromatic rings. The number of aromatic nitrogens is 1. The Morgan fingerprint density at radius 2 is 2.05 bits per heavy atom. The molecule has 0 aliphatic heterocycles. The summed E-state index contributed by atoms with van der Waals surface area (Å²) < 4.78 is 0. The molecule has 0 amide bonds. The Labute approximate surface area is 115 Å². The van der Waals surface area contributed by atoms with Gasteiger partial charge in [0.1, 0.15) is 5.03 Å². The Morgan fingerprint density at radius 1 is 1.32 bits per heavy atom. The maximum Gasteiger partial charge on any atom is 0.283 e. The van der Waals surface area contributed by atoms with Gasteiger partial charge >= 0.3 is 0 Å². The zero-order chi connectivity index (χ0) is 13.8. The molecule has 0 aliphatic carbocycles. The van der Waals surface area contributed by atoms with Crippen LogP contribution < -0.4 is 5.73 Å². The SMILES string of the molecule is C[C@H](N)c1cccnc1Sc1ccccc1[N+](=O)[O-]. The van der Waals surface area contributed by atoms with Crippen molar-refractivity contribution in [3.63, 3.8) is 0 Å². The third-order valence-corrected chi connectivity index (χ3v) is 3.66. The van der Waals surface area contributed by atoms with Gasteiger partial charge < -0.3 is 5.73 Å². The second kappa shape index (κ2) is 5.81. The molecule has 0 spiro atoms. The van der Waals surface area contributed by atoms with Gasteiger partial charge in [0.05, 0.1) is 9.82 Å². The predicted molar refractivity (Wildman–Crippen MR) is 74.1 cm³/mol. The van der Waals surface area contributed by atoms with E-state index in [9.17, 15) is 10.1 Å². The van der Waals surface area contributed by atoms with E-state index in [0.717, 1.165) is 5.56 Å². The van der Waals surface area contributed by atoms with Crippen molar-refractivity contribution in [2.24, 2.45) is 5.73 Å². The smallest absolute Gasteiger partial charge is 0.283 e. The van der Waals surface area contributed by atoms with Gasteiger partial charge in [0, 0.05) is 23.9 Å². The monoisotopic (exact) mass is 275 g/mol. The van der Waals surface area contributed by atoms with Crippen LogP contribution in [0.4, 0.5) is 5.69 Å². The maximum absolute atomic E-state index is 11.0. The lowest BCUT2D eigenvalue weighted by Crippen LogP contribution is -2.07. The van der Waals surface area contributed by atoms with E-state index in [1.54, 1.807) is 24.4 Å². The van der Waals surface area contributed by atoms with Crippen LogP contribution in [0, 0.1) is 10.1 Å². The van der Waals surface area contributed by atoms with E-state index in [1.807, 2.05) is 19.1 Å². The lowest BCUT2D eigenvalue weighted by Gasteiger charge is -2.10. The highest BCUT2D eigenvalue weighted by molar-refractivity contribution is 7.99. The summed E-state index contributed by atoms with van der Waals surface area (Å²) in [4.78, 5) is 15.4. The van der Waals surface area contributed by atoms with Crippen molar-refractivity contribution in [1.82, 2.24) is 4.98 Å². The van der Waals surface area contributed by atoms with Gasteiger partial charge in [0.15, 0.2) is 0 Å². The largest absolute Gasteiger partial charge is 0.324 e. The van der Waals surface area contributed by atoms with Crippen molar-refractivity contribution in [2.75, 3.05) is 0 Å². The molecule has 0 saturated heterocycles. The summed E-state index contributed by atoms with van der Waals surface area (Å²) >= 11 is 1.26. The van der Waals surface area contributed by atoms with E-state index in [1.165, 1.54) is 17.8 Å². The van der Waals surface area contributed by atoms with Crippen molar-refractivity contribution in [2.45, 2.75) is 22.9 Å². The average Bonchev–Trinajstić information content (AvgIpc) is 2.39. The first-order chi connectivity index (χ1) is 9.09. The Kier molecular flexibility index (Phi) is 4.13. The highest BCUT2D eigenvalue weighted by atomic mass is 32.2. The lowest BCUT2D eigenvalue weighted by atomic mass is 10.2. The molecule has 0 radical (unpaired) electrons. The minimum Gasteiger partial charge on any atom is -0.324 e. The van der Waals surface area contributed by atoms with Crippen LogP contribution >= 0.6 is 11.8 Å². The van der Waals surface area contributed by atoms with Crippen LogP contribution in [-0.2, 0) is 0 Å². The quantitative estimate of drug-likeness (QED) is 0.684. The van der Waals surface area contributed by atoms with Gasteiger partial charge in [-0.3, -0.25) is 10.1 Å². The third-order valence-electron chi connectivity index (χ3n) is 2.56. The molecule has 5 nitrogen and oxygen atoms in total. The van der Waals surface area contributed by atoms with Crippen molar-refractivity contribution >= 4 is 17.4 Å².